The highest BCUT2D eigenvalue weighted by Gasteiger charge is 2.23. The Morgan fingerprint density at radius 3 is 2.06 bits per heavy atom. The van der Waals surface area contributed by atoms with E-state index in [1.165, 1.54) is 5.56 Å². The van der Waals surface area contributed by atoms with Crippen molar-refractivity contribution in [1.29, 1.82) is 0 Å². The molecule has 0 saturated heterocycles. The van der Waals surface area contributed by atoms with Gasteiger partial charge in [0.05, 0.1) is 17.4 Å². The molecule has 0 bridgehead atoms. The second-order valence-electron chi connectivity index (χ2n) is 8.85. The highest BCUT2D eigenvalue weighted by molar-refractivity contribution is 5.95. The van der Waals surface area contributed by atoms with Crippen LogP contribution in [0.1, 0.15) is 38.8 Å². The molecular formula is C30H28N4O. The first kappa shape index (κ1) is 22.4. The van der Waals surface area contributed by atoms with Crippen LogP contribution in [-0.2, 0) is 7.05 Å². The molecule has 5 aromatic rings. The molecule has 0 radical (unpaired) electrons. The first-order valence-electron chi connectivity index (χ1n) is 11.7. The third-order valence-electron chi connectivity index (χ3n) is 6.27. The van der Waals surface area contributed by atoms with Crippen LogP contribution in [0.4, 0.5) is 0 Å². The Bertz CT molecular complexity index is 1430. The highest BCUT2D eigenvalue weighted by Crippen LogP contribution is 2.26. The first-order valence-corrected chi connectivity index (χ1v) is 11.7. The van der Waals surface area contributed by atoms with E-state index in [1.807, 2.05) is 116 Å². The Kier molecular flexibility index (Phi) is 6.06. The van der Waals surface area contributed by atoms with Crippen molar-refractivity contribution in [3.05, 3.63) is 131 Å². The van der Waals surface area contributed by atoms with Crippen LogP contribution in [-0.4, -0.2) is 20.3 Å². The normalized spacial score (nSPS) is 11.1. The molecule has 3 aromatic carbocycles. The minimum absolute atomic E-state index is 0.185. The lowest BCUT2D eigenvalue weighted by atomic mass is 9.98. The van der Waals surface area contributed by atoms with E-state index in [0.29, 0.717) is 5.69 Å². The van der Waals surface area contributed by atoms with Crippen LogP contribution in [0.2, 0.25) is 0 Å². The number of hydrogen-bond acceptors (Lipinski definition) is 2. The van der Waals surface area contributed by atoms with Gasteiger partial charge < -0.3 is 9.88 Å². The zero-order chi connectivity index (χ0) is 24.4. The van der Waals surface area contributed by atoms with Gasteiger partial charge in [0.25, 0.3) is 5.91 Å². The minimum atomic E-state index is -0.286. The van der Waals surface area contributed by atoms with Crippen molar-refractivity contribution in [2.24, 2.45) is 7.05 Å². The Labute approximate surface area is 205 Å². The average molecular weight is 461 g/mol. The third kappa shape index (κ3) is 4.53. The van der Waals surface area contributed by atoms with E-state index in [4.69, 9.17) is 5.10 Å². The molecule has 1 N–H and O–H groups in total. The number of carbonyl (C=O) groups is 1. The van der Waals surface area contributed by atoms with E-state index in [1.54, 1.807) is 4.68 Å². The number of carbonyl (C=O) groups excluding carboxylic acids is 1. The number of amides is 1. The number of aryl methyl sites for hydroxylation is 3. The summed E-state index contributed by atoms with van der Waals surface area (Å²) in [4.78, 5) is 13.9. The zero-order valence-electron chi connectivity index (χ0n) is 20.1. The molecule has 5 nitrogen and oxygen atoms in total. The van der Waals surface area contributed by atoms with Gasteiger partial charge in [-0.2, -0.15) is 5.10 Å². The van der Waals surface area contributed by atoms with E-state index < -0.39 is 0 Å². The molecule has 0 saturated carbocycles. The molecule has 35 heavy (non-hydrogen) atoms. The van der Waals surface area contributed by atoms with Gasteiger partial charge in [0.1, 0.15) is 11.4 Å². The summed E-state index contributed by atoms with van der Waals surface area (Å²) >= 11 is 0. The monoisotopic (exact) mass is 460 g/mol. The number of nitrogens with zero attached hydrogens (tertiary/aromatic N) is 3. The van der Waals surface area contributed by atoms with E-state index >= 15 is 0 Å². The molecule has 0 unspecified atom stereocenters. The zero-order valence-corrected chi connectivity index (χ0v) is 20.1. The van der Waals surface area contributed by atoms with Crippen LogP contribution in [0.3, 0.4) is 0 Å². The van der Waals surface area contributed by atoms with Gasteiger partial charge in [-0.3, -0.25) is 4.79 Å². The predicted molar refractivity (Wildman–Crippen MR) is 140 cm³/mol. The van der Waals surface area contributed by atoms with Crippen LogP contribution < -0.4 is 5.32 Å². The highest BCUT2D eigenvalue weighted by atomic mass is 16.2. The van der Waals surface area contributed by atoms with Crippen molar-refractivity contribution in [3.63, 3.8) is 0 Å². The van der Waals surface area contributed by atoms with Crippen molar-refractivity contribution < 1.29 is 4.79 Å². The average Bonchev–Trinajstić information content (AvgIpc) is 3.50. The van der Waals surface area contributed by atoms with Crippen molar-refractivity contribution in [3.8, 4) is 17.1 Å². The Morgan fingerprint density at radius 2 is 1.49 bits per heavy atom. The van der Waals surface area contributed by atoms with Gasteiger partial charge in [0.15, 0.2) is 0 Å². The largest absolute Gasteiger partial charge is 0.349 e. The van der Waals surface area contributed by atoms with Crippen LogP contribution in [0.15, 0.2) is 103 Å². The second kappa shape index (κ2) is 9.47. The number of hydrogen-bond donors (Lipinski definition) is 1. The summed E-state index contributed by atoms with van der Waals surface area (Å²) in [5, 5.41) is 8.16. The van der Waals surface area contributed by atoms with Gasteiger partial charge in [-0.1, -0.05) is 78.4 Å². The number of nitrogens with one attached hydrogen (secondary N) is 1. The summed E-state index contributed by atoms with van der Waals surface area (Å²) in [6.07, 6.45) is 1.98. The quantitative estimate of drug-likeness (QED) is 0.337. The molecule has 5 rings (SSSR count). The third-order valence-corrected chi connectivity index (χ3v) is 6.27. The van der Waals surface area contributed by atoms with Gasteiger partial charge >= 0.3 is 0 Å². The van der Waals surface area contributed by atoms with Crippen molar-refractivity contribution in [1.82, 2.24) is 19.7 Å². The summed E-state index contributed by atoms with van der Waals surface area (Å²) in [6, 6.07) is 31.8. The minimum Gasteiger partial charge on any atom is -0.349 e. The molecule has 0 aliphatic rings. The van der Waals surface area contributed by atoms with Crippen LogP contribution in [0, 0.1) is 13.8 Å². The number of aromatic nitrogens is 3. The lowest BCUT2D eigenvalue weighted by molar-refractivity contribution is 0.0935. The maximum Gasteiger partial charge on any atom is 0.270 e. The van der Waals surface area contributed by atoms with Crippen LogP contribution in [0.5, 0.6) is 0 Å². The topological polar surface area (TPSA) is 51.9 Å². The Morgan fingerprint density at radius 1 is 0.829 bits per heavy atom. The molecule has 2 aromatic heterocycles. The summed E-state index contributed by atoms with van der Waals surface area (Å²) < 4.78 is 3.77. The first-order chi connectivity index (χ1) is 17.0. The maximum absolute atomic E-state index is 13.9. The molecule has 0 fully saturated rings. The second-order valence-corrected chi connectivity index (χ2v) is 8.85. The molecule has 0 atom stereocenters. The SMILES string of the molecule is Cc1ccc(-n2nc(-c3cccn3C)cc2C(=O)NC(c2ccccc2)c2ccccc2)c(C)c1. The van der Waals surface area contributed by atoms with E-state index in [9.17, 15) is 4.79 Å². The standard InChI is InChI=1S/C30H28N4O/c1-21-16-17-26(22(2)19-21)34-28(20-25(32-34)27-15-10-18-33(27)3)30(35)31-29(23-11-6-4-7-12-23)24-13-8-5-9-14-24/h4-20,29H,1-3H3,(H,31,35). The van der Waals surface area contributed by atoms with E-state index in [2.05, 4.69) is 18.3 Å². The van der Waals surface area contributed by atoms with Gasteiger partial charge in [-0.15, -0.1) is 0 Å². The fourth-order valence-electron chi connectivity index (χ4n) is 4.48. The predicted octanol–water partition coefficient (Wildman–Crippen LogP) is 6.01. The molecule has 1 amide bonds. The summed E-state index contributed by atoms with van der Waals surface area (Å²) in [5.41, 5.74) is 7.34. The molecule has 174 valence electrons. The summed E-state index contributed by atoms with van der Waals surface area (Å²) in [7, 11) is 1.98. The van der Waals surface area contributed by atoms with Crippen molar-refractivity contribution in [2.75, 3.05) is 0 Å². The Hall–Kier alpha value is -4.38. The van der Waals surface area contributed by atoms with Crippen molar-refractivity contribution >= 4 is 5.91 Å². The van der Waals surface area contributed by atoms with Gasteiger partial charge in [-0.05, 0) is 54.8 Å². The number of benzene rings is 3. The lowest BCUT2D eigenvalue weighted by Crippen LogP contribution is -2.31. The maximum atomic E-state index is 13.9. The molecular weight excluding hydrogens is 432 g/mol. The van der Waals surface area contributed by atoms with E-state index in [-0.39, 0.29) is 11.9 Å². The molecule has 5 heteroatoms. The fourth-order valence-corrected chi connectivity index (χ4v) is 4.48. The van der Waals surface area contributed by atoms with Crippen LogP contribution in [0.25, 0.3) is 17.1 Å². The van der Waals surface area contributed by atoms with Crippen LogP contribution >= 0.6 is 0 Å². The molecule has 0 aliphatic carbocycles. The summed E-state index contributed by atoms with van der Waals surface area (Å²) in [5.74, 6) is -0.185. The fraction of sp³-hybridized carbons (Fsp3) is 0.133. The molecule has 0 aliphatic heterocycles. The lowest BCUT2D eigenvalue weighted by Gasteiger charge is -2.20. The van der Waals surface area contributed by atoms with Crippen molar-refractivity contribution in [2.45, 2.75) is 19.9 Å². The van der Waals surface area contributed by atoms with E-state index in [0.717, 1.165) is 33.8 Å². The van der Waals surface area contributed by atoms with Gasteiger partial charge in [0, 0.05) is 13.2 Å². The molecule has 0 spiro atoms. The molecule has 2 heterocycles. The Balaban J connectivity index is 1.60. The van der Waals surface area contributed by atoms with Gasteiger partial charge in [0.2, 0.25) is 0 Å². The number of rotatable bonds is 6. The van der Waals surface area contributed by atoms with Gasteiger partial charge in [-0.25, -0.2) is 4.68 Å². The smallest absolute Gasteiger partial charge is 0.270 e. The summed E-state index contributed by atoms with van der Waals surface area (Å²) in [6.45, 7) is 4.11.